The predicted molar refractivity (Wildman–Crippen MR) is 118 cm³/mol. The number of para-hydroxylation sites is 1. The standard InChI is InChI=1S/C23H25N5O2/c1-29-11-12-30-18-8-10-28-21(15-25-22(28)13-18)19-6-5-16-3-2-4-20(23(16)27-19)26-17-7-9-24-14-17/h2-6,8,10,13,15,17,24,26H,7,9,11-12,14H2,1H3/t17-/m0/s1. The lowest BCUT2D eigenvalue weighted by molar-refractivity contribution is 0.146. The molecule has 0 unspecified atom stereocenters. The second-order valence-corrected chi connectivity index (χ2v) is 7.48. The molecule has 7 heteroatoms. The molecule has 0 spiro atoms. The number of hydrogen-bond donors (Lipinski definition) is 2. The van der Waals surface area contributed by atoms with Gasteiger partial charge < -0.3 is 20.1 Å². The Labute approximate surface area is 175 Å². The largest absolute Gasteiger partial charge is 0.491 e. The van der Waals surface area contributed by atoms with Crippen molar-refractivity contribution in [3.8, 4) is 17.1 Å². The van der Waals surface area contributed by atoms with Crippen molar-refractivity contribution in [3.63, 3.8) is 0 Å². The first-order chi connectivity index (χ1) is 14.8. The van der Waals surface area contributed by atoms with E-state index in [4.69, 9.17) is 14.5 Å². The highest BCUT2D eigenvalue weighted by Gasteiger charge is 2.16. The number of aromatic nitrogens is 3. The molecule has 2 N–H and O–H groups in total. The molecule has 4 heterocycles. The molecule has 7 nitrogen and oxygen atoms in total. The number of imidazole rings is 1. The van der Waals surface area contributed by atoms with E-state index in [0.29, 0.717) is 19.3 Å². The number of ether oxygens (including phenoxy) is 2. The number of fused-ring (bicyclic) bond motifs is 2. The molecule has 1 aliphatic heterocycles. The molecule has 1 aromatic carbocycles. The first-order valence-corrected chi connectivity index (χ1v) is 10.3. The van der Waals surface area contributed by atoms with Crippen LogP contribution in [0.15, 0.2) is 54.9 Å². The molecular weight excluding hydrogens is 378 g/mol. The van der Waals surface area contributed by atoms with Crippen LogP contribution in [-0.2, 0) is 4.74 Å². The third-order valence-corrected chi connectivity index (χ3v) is 5.44. The van der Waals surface area contributed by atoms with Gasteiger partial charge in [0.15, 0.2) is 0 Å². The molecule has 3 aromatic heterocycles. The molecule has 1 atom stereocenters. The Bertz CT molecular complexity index is 1170. The van der Waals surface area contributed by atoms with Crippen molar-refractivity contribution in [1.29, 1.82) is 0 Å². The van der Waals surface area contributed by atoms with E-state index in [1.54, 1.807) is 7.11 Å². The molecule has 4 aromatic rings. The maximum atomic E-state index is 5.70. The molecule has 0 bridgehead atoms. The van der Waals surface area contributed by atoms with E-state index in [1.807, 2.05) is 28.9 Å². The summed E-state index contributed by atoms with van der Waals surface area (Å²) in [5.41, 5.74) is 4.72. The molecule has 154 valence electrons. The Morgan fingerprint density at radius 1 is 1.20 bits per heavy atom. The van der Waals surface area contributed by atoms with Crippen molar-refractivity contribution in [2.75, 3.05) is 38.7 Å². The maximum Gasteiger partial charge on any atom is 0.140 e. The lowest BCUT2D eigenvalue weighted by Crippen LogP contribution is -2.22. The number of hydrogen-bond acceptors (Lipinski definition) is 6. The Hall–Kier alpha value is -3.16. The fourth-order valence-corrected chi connectivity index (χ4v) is 3.89. The number of benzene rings is 1. The zero-order valence-corrected chi connectivity index (χ0v) is 17.0. The summed E-state index contributed by atoms with van der Waals surface area (Å²) in [7, 11) is 1.66. The lowest BCUT2D eigenvalue weighted by Gasteiger charge is -2.15. The highest BCUT2D eigenvalue weighted by Crippen LogP contribution is 2.28. The van der Waals surface area contributed by atoms with E-state index in [0.717, 1.165) is 58.9 Å². The number of nitrogens with one attached hydrogen (secondary N) is 2. The summed E-state index contributed by atoms with van der Waals surface area (Å²) in [6.45, 7) is 3.11. The number of methoxy groups -OCH3 is 1. The van der Waals surface area contributed by atoms with Gasteiger partial charge in [-0.3, -0.25) is 4.40 Å². The van der Waals surface area contributed by atoms with Gasteiger partial charge in [-0.05, 0) is 31.2 Å². The minimum Gasteiger partial charge on any atom is -0.491 e. The van der Waals surface area contributed by atoms with E-state index in [1.165, 1.54) is 0 Å². The summed E-state index contributed by atoms with van der Waals surface area (Å²) in [5, 5.41) is 8.18. The van der Waals surface area contributed by atoms with Gasteiger partial charge >= 0.3 is 0 Å². The van der Waals surface area contributed by atoms with Crippen molar-refractivity contribution in [2.45, 2.75) is 12.5 Å². The molecule has 1 aliphatic rings. The molecule has 0 aliphatic carbocycles. The van der Waals surface area contributed by atoms with Crippen LogP contribution in [0.5, 0.6) is 5.75 Å². The first kappa shape index (κ1) is 18.8. The molecule has 1 fully saturated rings. The van der Waals surface area contributed by atoms with Crippen LogP contribution in [0.25, 0.3) is 27.9 Å². The van der Waals surface area contributed by atoms with Gasteiger partial charge in [0, 0.05) is 37.3 Å². The van der Waals surface area contributed by atoms with Gasteiger partial charge in [0.1, 0.15) is 18.0 Å². The van der Waals surface area contributed by atoms with Crippen LogP contribution < -0.4 is 15.4 Å². The van der Waals surface area contributed by atoms with Gasteiger partial charge in [-0.15, -0.1) is 0 Å². The van der Waals surface area contributed by atoms with E-state index < -0.39 is 0 Å². The van der Waals surface area contributed by atoms with Gasteiger partial charge in [-0.25, -0.2) is 9.97 Å². The summed E-state index contributed by atoms with van der Waals surface area (Å²) in [6.07, 6.45) is 4.96. The predicted octanol–water partition coefficient (Wildman–Crippen LogP) is 3.35. The van der Waals surface area contributed by atoms with Crippen molar-refractivity contribution >= 4 is 22.2 Å². The van der Waals surface area contributed by atoms with Gasteiger partial charge in [0.05, 0.1) is 35.4 Å². The Kier molecular flexibility index (Phi) is 5.21. The number of pyridine rings is 2. The van der Waals surface area contributed by atoms with Crippen LogP contribution in [0.1, 0.15) is 6.42 Å². The Balaban J connectivity index is 1.48. The van der Waals surface area contributed by atoms with E-state index >= 15 is 0 Å². The third-order valence-electron chi connectivity index (χ3n) is 5.44. The van der Waals surface area contributed by atoms with Gasteiger partial charge in [-0.2, -0.15) is 0 Å². The minimum atomic E-state index is 0.438. The summed E-state index contributed by atoms with van der Waals surface area (Å²) in [6, 6.07) is 14.8. The Morgan fingerprint density at radius 2 is 2.17 bits per heavy atom. The fourth-order valence-electron chi connectivity index (χ4n) is 3.89. The normalized spacial score (nSPS) is 16.4. The van der Waals surface area contributed by atoms with Crippen molar-refractivity contribution in [2.24, 2.45) is 0 Å². The number of nitrogens with zero attached hydrogens (tertiary/aromatic N) is 3. The van der Waals surface area contributed by atoms with Crippen LogP contribution in [0.2, 0.25) is 0 Å². The highest BCUT2D eigenvalue weighted by atomic mass is 16.5. The topological polar surface area (TPSA) is 72.7 Å². The van der Waals surface area contributed by atoms with Gasteiger partial charge in [0.2, 0.25) is 0 Å². The maximum absolute atomic E-state index is 5.70. The summed E-state index contributed by atoms with van der Waals surface area (Å²) in [4.78, 5) is 9.56. The quantitative estimate of drug-likeness (QED) is 0.461. The van der Waals surface area contributed by atoms with E-state index in [9.17, 15) is 0 Å². The smallest absolute Gasteiger partial charge is 0.140 e. The average molecular weight is 403 g/mol. The number of anilines is 1. The highest BCUT2D eigenvalue weighted by molar-refractivity contribution is 5.92. The van der Waals surface area contributed by atoms with Gasteiger partial charge in [-0.1, -0.05) is 18.2 Å². The van der Waals surface area contributed by atoms with Crippen molar-refractivity contribution in [1.82, 2.24) is 19.7 Å². The molecule has 0 radical (unpaired) electrons. The Morgan fingerprint density at radius 3 is 3.03 bits per heavy atom. The van der Waals surface area contributed by atoms with Crippen LogP contribution in [-0.4, -0.2) is 53.8 Å². The van der Waals surface area contributed by atoms with E-state index in [-0.39, 0.29) is 0 Å². The second-order valence-electron chi connectivity index (χ2n) is 7.48. The van der Waals surface area contributed by atoms with Crippen molar-refractivity contribution in [3.05, 3.63) is 54.9 Å². The fraction of sp³-hybridized carbons (Fsp3) is 0.304. The molecule has 0 amide bonds. The third kappa shape index (κ3) is 3.69. The van der Waals surface area contributed by atoms with Crippen LogP contribution >= 0.6 is 0 Å². The SMILES string of the molecule is COCCOc1ccn2c(-c3ccc4cccc(N[C@H]5CCNC5)c4n3)cnc2c1. The summed E-state index contributed by atoms with van der Waals surface area (Å²) in [5.74, 6) is 0.778. The summed E-state index contributed by atoms with van der Waals surface area (Å²) >= 11 is 0. The van der Waals surface area contributed by atoms with E-state index in [2.05, 4.69) is 45.9 Å². The van der Waals surface area contributed by atoms with Gasteiger partial charge in [0.25, 0.3) is 0 Å². The number of rotatable bonds is 7. The van der Waals surface area contributed by atoms with Crippen LogP contribution in [0, 0.1) is 0 Å². The zero-order chi connectivity index (χ0) is 20.3. The summed E-state index contributed by atoms with van der Waals surface area (Å²) < 4.78 is 12.8. The molecule has 5 rings (SSSR count). The molecule has 1 saturated heterocycles. The monoisotopic (exact) mass is 403 g/mol. The van der Waals surface area contributed by atoms with Crippen LogP contribution in [0.3, 0.4) is 0 Å². The second kappa shape index (κ2) is 8.30. The lowest BCUT2D eigenvalue weighted by atomic mass is 10.1. The zero-order valence-electron chi connectivity index (χ0n) is 17.0. The van der Waals surface area contributed by atoms with Crippen molar-refractivity contribution < 1.29 is 9.47 Å². The first-order valence-electron chi connectivity index (χ1n) is 10.3. The molecule has 30 heavy (non-hydrogen) atoms. The minimum absolute atomic E-state index is 0.438. The molecular formula is C23H25N5O2. The average Bonchev–Trinajstić information content (AvgIpc) is 3.43. The van der Waals surface area contributed by atoms with Crippen LogP contribution in [0.4, 0.5) is 5.69 Å². The molecule has 0 saturated carbocycles.